The van der Waals surface area contributed by atoms with Gasteiger partial charge < -0.3 is 10.2 Å². The summed E-state index contributed by atoms with van der Waals surface area (Å²) < 4.78 is 0. The van der Waals surface area contributed by atoms with E-state index in [1.54, 1.807) is 0 Å². The summed E-state index contributed by atoms with van der Waals surface area (Å²) in [5.41, 5.74) is 0. The molecule has 2 amide bonds. The zero-order chi connectivity index (χ0) is 10.8. The van der Waals surface area contributed by atoms with Crippen LogP contribution in [0.5, 0.6) is 0 Å². The third kappa shape index (κ3) is 5.62. The van der Waals surface area contributed by atoms with E-state index < -0.39 is 0 Å². The summed E-state index contributed by atoms with van der Waals surface area (Å²) in [7, 11) is 0. The number of urea groups is 1. The van der Waals surface area contributed by atoms with Gasteiger partial charge in [-0.3, -0.25) is 0 Å². The first-order valence-corrected chi connectivity index (χ1v) is 5.42. The maximum Gasteiger partial charge on any atom is 0.321 e. The quantitative estimate of drug-likeness (QED) is 0.670. The molecule has 0 unspecified atom stereocenters. The van der Waals surface area contributed by atoms with Gasteiger partial charge >= 0.3 is 6.03 Å². The van der Waals surface area contributed by atoms with Crippen molar-refractivity contribution in [3.8, 4) is 0 Å². The highest BCUT2D eigenvalue weighted by atomic mass is 16.2. The molecule has 0 spiro atoms. The molecule has 82 valence electrons. The van der Waals surface area contributed by atoms with Crippen molar-refractivity contribution >= 4 is 6.03 Å². The lowest BCUT2D eigenvalue weighted by molar-refractivity contribution is 0.200. The maximum atomic E-state index is 11.5. The second kappa shape index (κ2) is 8.60. The maximum absolute atomic E-state index is 11.5. The summed E-state index contributed by atoms with van der Waals surface area (Å²) in [4.78, 5) is 13.4. The third-order valence-electron chi connectivity index (χ3n) is 2.08. The second-order valence-electron chi connectivity index (χ2n) is 3.35. The molecule has 0 saturated heterocycles. The van der Waals surface area contributed by atoms with Gasteiger partial charge in [-0.2, -0.15) is 0 Å². The Morgan fingerprint density at radius 2 is 1.79 bits per heavy atom. The molecular formula is C11H22N2O. The van der Waals surface area contributed by atoms with Gasteiger partial charge in [-0.05, 0) is 19.0 Å². The molecular weight excluding hydrogens is 176 g/mol. The average molecular weight is 198 g/mol. The SMILES string of the molecule is C=CNC(=O)N(CCCC)CCCC. The summed E-state index contributed by atoms with van der Waals surface area (Å²) in [6.45, 7) is 9.43. The van der Waals surface area contributed by atoms with E-state index in [-0.39, 0.29) is 6.03 Å². The van der Waals surface area contributed by atoms with Crippen molar-refractivity contribution in [2.24, 2.45) is 0 Å². The van der Waals surface area contributed by atoms with Crippen LogP contribution in [0, 0.1) is 0 Å². The molecule has 0 aliphatic carbocycles. The Bertz CT molecular complexity index is 161. The molecule has 0 saturated carbocycles. The van der Waals surface area contributed by atoms with E-state index in [0.29, 0.717) is 0 Å². The van der Waals surface area contributed by atoms with Crippen LogP contribution in [0.3, 0.4) is 0 Å². The van der Waals surface area contributed by atoms with Crippen LogP contribution in [-0.2, 0) is 0 Å². The van der Waals surface area contributed by atoms with Crippen molar-refractivity contribution in [2.75, 3.05) is 13.1 Å². The van der Waals surface area contributed by atoms with E-state index in [1.807, 2.05) is 4.90 Å². The van der Waals surface area contributed by atoms with Gasteiger partial charge in [0.2, 0.25) is 0 Å². The number of carbonyl (C=O) groups excluding carboxylic acids is 1. The third-order valence-corrected chi connectivity index (χ3v) is 2.08. The molecule has 0 aliphatic heterocycles. The van der Waals surface area contributed by atoms with Crippen LogP contribution >= 0.6 is 0 Å². The lowest BCUT2D eigenvalue weighted by Crippen LogP contribution is -2.38. The minimum Gasteiger partial charge on any atom is -0.325 e. The van der Waals surface area contributed by atoms with Gasteiger partial charge in [0.1, 0.15) is 0 Å². The first-order valence-electron chi connectivity index (χ1n) is 5.42. The number of amides is 2. The summed E-state index contributed by atoms with van der Waals surface area (Å²) in [5, 5.41) is 2.61. The van der Waals surface area contributed by atoms with Crippen LogP contribution in [0.25, 0.3) is 0 Å². The topological polar surface area (TPSA) is 32.3 Å². The molecule has 0 aromatic heterocycles. The van der Waals surface area contributed by atoms with E-state index in [9.17, 15) is 4.79 Å². The first-order chi connectivity index (χ1) is 6.76. The van der Waals surface area contributed by atoms with Crippen LogP contribution in [0.15, 0.2) is 12.8 Å². The molecule has 0 bridgehead atoms. The fourth-order valence-electron chi connectivity index (χ4n) is 1.19. The van der Waals surface area contributed by atoms with Crippen molar-refractivity contribution < 1.29 is 4.79 Å². The largest absolute Gasteiger partial charge is 0.325 e. The Labute approximate surface area is 87.2 Å². The summed E-state index contributed by atoms with van der Waals surface area (Å²) >= 11 is 0. The van der Waals surface area contributed by atoms with E-state index in [2.05, 4.69) is 25.7 Å². The zero-order valence-electron chi connectivity index (χ0n) is 9.38. The van der Waals surface area contributed by atoms with Gasteiger partial charge in [0.05, 0.1) is 0 Å². The van der Waals surface area contributed by atoms with Crippen LogP contribution in [0.2, 0.25) is 0 Å². The lowest BCUT2D eigenvalue weighted by Gasteiger charge is -2.21. The minimum atomic E-state index is -0.0260. The molecule has 0 aliphatic rings. The molecule has 0 fully saturated rings. The van der Waals surface area contributed by atoms with E-state index in [4.69, 9.17) is 0 Å². The highest BCUT2D eigenvalue weighted by molar-refractivity contribution is 5.75. The molecule has 0 heterocycles. The zero-order valence-corrected chi connectivity index (χ0v) is 9.38. The number of nitrogens with zero attached hydrogens (tertiary/aromatic N) is 1. The number of nitrogens with one attached hydrogen (secondary N) is 1. The van der Waals surface area contributed by atoms with Gasteiger partial charge in [0, 0.05) is 13.1 Å². The monoisotopic (exact) mass is 198 g/mol. The Kier molecular flexibility index (Phi) is 7.99. The van der Waals surface area contributed by atoms with Gasteiger partial charge in [-0.15, -0.1) is 0 Å². The van der Waals surface area contributed by atoms with Crippen LogP contribution in [0.4, 0.5) is 4.79 Å². The molecule has 0 aromatic rings. The molecule has 0 rings (SSSR count). The lowest BCUT2D eigenvalue weighted by atomic mass is 10.3. The van der Waals surface area contributed by atoms with Crippen molar-refractivity contribution in [3.05, 3.63) is 12.8 Å². The molecule has 0 atom stereocenters. The summed E-state index contributed by atoms with van der Waals surface area (Å²) in [5.74, 6) is 0. The van der Waals surface area contributed by atoms with Crippen LogP contribution in [-0.4, -0.2) is 24.0 Å². The van der Waals surface area contributed by atoms with Crippen molar-refractivity contribution in [1.29, 1.82) is 0 Å². The summed E-state index contributed by atoms with van der Waals surface area (Å²) in [6.07, 6.45) is 5.80. The van der Waals surface area contributed by atoms with Crippen LogP contribution in [0.1, 0.15) is 39.5 Å². The Morgan fingerprint density at radius 1 is 1.29 bits per heavy atom. The highest BCUT2D eigenvalue weighted by Crippen LogP contribution is 1.99. The fraction of sp³-hybridized carbons (Fsp3) is 0.727. The van der Waals surface area contributed by atoms with Gasteiger partial charge in [-0.25, -0.2) is 4.79 Å². The number of hydrogen-bond acceptors (Lipinski definition) is 1. The Hall–Kier alpha value is -0.990. The number of carbonyl (C=O) groups is 1. The van der Waals surface area contributed by atoms with Gasteiger partial charge in [-0.1, -0.05) is 33.3 Å². The highest BCUT2D eigenvalue weighted by Gasteiger charge is 2.09. The molecule has 3 nitrogen and oxygen atoms in total. The fourth-order valence-corrected chi connectivity index (χ4v) is 1.19. The van der Waals surface area contributed by atoms with Crippen molar-refractivity contribution in [3.63, 3.8) is 0 Å². The molecule has 1 N–H and O–H groups in total. The van der Waals surface area contributed by atoms with Crippen molar-refractivity contribution in [2.45, 2.75) is 39.5 Å². The Morgan fingerprint density at radius 3 is 2.14 bits per heavy atom. The standard InChI is InChI=1S/C11H22N2O/c1-4-7-9-13(10-8-5-2)11(14)12-6-3/h6H,3-5,7-10H2,1-2H3,(H,12,14). The number of hydrogen-bond donors (Lipinski definition) is 1. The number of rotatable bonds is 7. The van der Waals surface area contributed by atoms with Gasteiger partial charge in [0.15, 0.2) is 0 Å². The Balaban J connectivity index is 3.93. The second-order valence-corrected chi connectivity index (χ2v) is 3.35. The summed E-state index contributed by atoms with van der Waals surface area (Å²) in [6, 6.07) is -0.0260. The van der Waals surface area contributed by atoms with Crippen LogP contribution < -0.4 is 5.32 Å². The van der Waals surface area contributed by atoms with Crippen molar-refractivity contribution in [1.82, 2.24) is 10.2 Å². The predicted molar refractivity (Wildman–Crippen MR) is 60.1 cm³/mol. The number of unbranched alkanes of at least 4 members (excludes halogenated alkanes) is 2. The van der Waals surface area contributed by atoms with Gasteiger partial charge in [0.25, 0.3) is 0 Å². The first kappa shape index (κ1) is 13.0. The van der Waals surface area contributed by atoms with E-state index in [1.165, 1.54) is 6.20 Å². The van der Waals surface area contributed by atoms with E-state index >= 15 is 0 Å². The average Bonchev–Trinajstić information content (AvgIpc) is 2.18. The molecule has 0 radical (unpaired) electrons. The molecule has 14 heavy (non-hydrogen) atoms. The normalized spacial score (nSPS) is 9.57. The molecule has 3 heteroatoms. The van der Waals surface area contributed by atoms with E-state index in [0.717, 1.165) is 38.8 Å². The minimum absolute atomic E-state index is 0.0260. The predicted octanol–water partition coefficient (Wildman–Crippen LogP) is 2.74. The smallest absolute Gasteiger partial charge is 0.321 e. The molecule has 0 aromatic carbocycles.